The van der Waals surface area contributed by atoms with Gasteiger partial charge in [-0.05, 0) is 12.5 Å². The van der Waals surface area contributed by atoms with Gasteiger partial charge in [0.15, 0.2) is 0 Å². The molecule has 0 aliphatic carbocycles. The molecule has 92 valence electrons. The van der Waals surface area contributed by atoms with Gasteiger partial charge in [-0.25, -0.2) is 9.37 Å². The molecule has 1 aromatic rings. The fraction of sp³-hybridized carbons (Fsp3) is 0.455. The van der Waals surface area contributed by atoms with Crippen LogP contribution in [0.2, 0.25) is 5.15 Å². The number of hydrogen-bond acceptors (Lipinski definition) is 3. The number of carbonyl (C=O) groups is 1. The molecular formula is C11H12ClFN2O2. The van der Waals surface area contributed by atoms with Crippen LogP contribution in [-0.4, -0.2) is 40.6 Å². The first-order valence-electron chi connectivity index (χ1n) is 5.33. The first-order chi connectivity index (χ1) is 8.11. The maximum Gasteiger partial charge on any atom is 0.257 e. The van der Waals surface area contributed by atoms with Crippen molar-refractivity contribution in [3.05, 3.63) is 28.8 Å². The third-order valence-electron chi connectivity index (χ3n) is 2.87. The van der Waals surface area contributed by atoms with Crippen LogP contribution in [0, 0.1) is 11.7 Å². The molecule has 1 aromatic heterocycles. The van der Waals surface area contributed by atoms with E-state index >= 15 is 0 Å². The van der Waals surface area contributed by atoms with Gasteiger partial charge in [-0.15, -0.1) is 0 Å². The minimum atomic E-state index is -0.587. The van der Waals surface area contributed by atoms with Gasteiger partial charge >= 0.3 is 0 Å². The van der Waals surface area contributed by atoms with Gasteiger partial charge in [-0.2, -0.15) is 0 Å². The summed E-state index contributed by atoms with van der Waals surface area (Å²) in [5.74, 6) is -0.826. The molecule has 0 saturated carbocycles. The topological polar surface area (TPSA) is 53.4 Å². The number of hydrogen-bond donors (Lipinski definition) is 1. The van der Waals surface area contributed by atoms with E-state index in [2.05, 4.69) is 4.98 Å². The number of aliphatic hydroxyl groups is 1. The van der Waals surface area contributed by atoms with E-state index in [-0.39, 0.29) is 29.1 Å². The molecule has 1 saturated heterocycles. The quantitative estimate of drug-likeness (QED) is 0.815. The average molecular weight is 259 g/mol. The lowest BCUT2D eigenvalue weighted by atomic mass is 10.1. The van der Waals surface area contributed by atoms with Crippen LogP contribution in [0.25, 0.3) is 0 Å². The monoisotopic (exact) mass is 258 g/mol. The zero-order valence-electron chi connectivity index (χ0n) is 9.07. The second-order valence-corrected chi connectivity index (χ2v) is 4.44. The Labute approximate surface area is 103 Å². The second-order valence-electron chi connectivity index (χ2n) is 4.08. The van der Waals surface area contributed by atoms with Crippen molar-refractivity contribution in [3.63, 3.8) is 0 Å². The zero-order valence-corrected chi connectivity index (χ0v) is 9.82. The minimum absolute atomic E-state index is 0.00356. The lowest BCUT2D eigenvalue weighted by Crippen LogP contribution is -2.29. The Balaban J connectivity index is 2.17. The highest BCUT2D eigenvalue weighted by molar-refractivity contribution is 6.32. The van der Waals surface area contributed by atoms with Crippen LogP contribution in [0.3, 0.4) is 0 Å². The van der Waals surface area contributed by atoms with E-state index in [0.29, 0.717) is 13.1 Å². The number of likely N-dealkylation sites (tertiary alicyclic amines) is 1. The van der Waals surface area contributed by atoms with Crippen LogP contribution in [-0.2, 0) is 0 Å². The predicted molar refractivity (Wildman–Crippen MR) is 60.3 cm³/mol. The van der Waals surface area contributed by atoms with E-state index in [1.165, 1.54) is 0 Å². The third kappa shape index (κ3) is 2.56. The number of rotatable bonds is 2. The molecule has 0 aromatic carbocycles. The molecule has 0 bridgehead atoms. The summed E-state index contributed by atoms with van der Waals surface area (Å²) >= 11 is 5.77. The number of nitrogens with zero attached hydrogens (tertiary/aromatic N) is 2. The molecule has 1 amide bonds. The normalized spacial score (nSPS) is 19.7. The largest absolute Gasteiger partial charge is 0.396 e. The zero-order chi connectivity index (χ0) is 12.4. The van der Waals surface area contributed by atoms with Crippen molar-refractivity contribution in [2.75, 3.05) is 19.7 Å². The van der Waals surface area contributed by atoms with Crippen molar-refractivity contribution in [1.29, 1.82) is 0 Å². The Hall–Kier alpha value is -1.20. The summed E-state index contributed by atoms with van der Waals surface area (Å²) in [5, 5.41) is 9.00. The summed E-state index contributed by atoms with van der Waals surface area (Å²) in [6.45, 7) is 1.08. The summed E-state index contributed by atoms with van der Waals surface area (Å²) < 4.78 is 13.0. The van der Waals surface area contributed by atoms with Crippen LogP contribution in [0.15, 0.2) is 12.3 Å². The van der Waals surface area contributed by atoms with Crippen LogP contribution in [0.1, 0.15) is 16.8 Å². The van der Waals surface area contributed by atoms with Gasteiger partial charge < -0.3 is 10.0 Å². The van der Waals surface area contributed by atoms with Crippen molar-refractivity contribution in [1.82, 2.24) is 9.88 Å². The molecule has 1 N–H and O–H groups in total. The Morgan fingerprint density at radius 1 is 1.71 bits per heavy atom. The molecule has 17 heavy (non-hydrogen) atoms. The molecule has 0 radical (unpaired) electrons. The van der Waals surface area contributed by atoms with Gasteiger partial charge in [0.05, 0.1) is 11.8 Å². The molecule has 2 heterocycles. The number of amides is 1. The predicted octanol–water partition coefficient (Wildman–Crippen LogP) is 1.33. The lowest BCUT2D eigenvalue weighted by Gasteiger charge is -2.16. The second kappa shape index (κ2) is 4.98. The van der Waals surface area contributed by atoms with Crippen LogP contribution < -0.4 is 0 Å². The van der Waals surface area contributed by atoms with E-state index in [1.54, 1.807) is 4.90 Å². The molecule has 2 rings (SSSR count). The summed E-state index contributed by atoms with van der Waals surface area (Å²) in [4.78, 5) is 17.2. The first kappa shape index (κ1) is 12.3. The van der Waals surface area contributed by atoms with E-state index < -0.39 is 5.82 Å². The van der Waals surface area contributed by atoms with Gasteiger partial charge in [-0.1, -0.05) is 11.6 Å². The maximum absolute atomic E-state index is 13.0. The fourth-order valence-corrected chi connectivity index (χ4v) is 2.09. The van der Waals surface area contributed by atoms with Gasteiger partial charge in [0.2, 0.25) is 0 Å². The summed E-state index contributed by atoms with van der Waals surface area (Å²) in [6.07, 6.45) is 1.72. The van der Waals surface area contributed by atoms with E-state index in [9.17, 15) is 9.18 Å². The Kier molecular flexibility index (Phi) is 3.59. The fourth-order valence-electron chi connectivity index (χ4n) is 1.91. The summed E-state index contributed by atoms with van der Waals surface area (Å²) in [5.41, 5.74) is 0.0743. The number of pyridine rings is 1. The average Bonchev–Trinajstić information content (AvgIpc) is 2.80. The van der Waals surface area contributed by atoms with E-state index in [0.717, 1.165) is 18.7 Å². The van der Waals surface area contributed by atoms with Gasteiger partial charge in [0.25, 0.3) is 5.91 Å². The van der Waals surface area contributed by atoms with Gasteiger partial charge in [0, 0.05) is 25.6 Å². The highest BCUT2D eigenvalue weighted by Crippen LogP contribution is 2.21. The van der Waals surface area contributed by atoms with Crippen molar-refractivity contribution in [3.8, 4) is 0 Å². The van der Waals surface area contributed by atoms with Crippen LogP contribution >= 0.6 is 11.6 Å². The molecule has 0 spiro atoms. The smallest absolute Gasteiger partial charge is 0.257 e. The van der Waals surface area contributed by atoms with Crippen molar-refractivity contribution < 1.29 is 14.3 Å². The number of carbonyl (C=O) groups excluding carboxylic acids is 1. The molecule has 1 unspecified atom stereocenters. The minimum Gasteiger partial charge on any atom is -0.396 e. The van der Waals surface area contributed by atoms with E-state index in [4.69, 9.17) is 16.7 Å². The standard InChI is InChI=1S/C11H12ClFN2O2/c12-10-9(3-8(13)4-14-10)11(17)15-2-1-7(5-15)6-16/h3-4,7,16H,1-2,5-6H2. The van der Waals surface area contributed by atoms with Gasteiger partial charge in [-0.3, -0.25) is 4.79 Å². The van der Waals surface area contributed by atoms with Crippen molar-refractivity contribution in [2.24, 2.45) is 5.92 Å². The van der Waals surface area contributed by atoms with Crippen molar-refractivity contribution >= 4 is 17.5 Å². The highest BCUT2D eigenvalue weighted by atomic mass is 35.5. The molecule has 1 atom stereocenters. The molecule has 4 nitrogen and oxygen atoms in total. The molecule has 6 heteroatoms. The molecule has 1 aliphatic heterocycles. The Morgan fingerprint density at radius 2 is 2.47 bits per heavy atom. The first-order valence-corrected chi connectivity index (χ1v) is 5.70. The molecule has 1 fully saturated rings. The number of aromatic nitrogens is 1. The molecule has 1 aliphatic rings. The van der Waals surface area contributed by atoms with E-state index in [1.807, 2.05) is 0 Å². The highest BCUT2D eigenvalue weighted by Gasteiger charge is 2.28. The Morgan fingerprint density at radius 3 is 3.12 bits per heavy atom. The summed E-state index contributed by atoms with van der Waals surface area (Å²) in [7, 11) is 0. The molecular weight excluding hydrogens is 247 g/mol. The van der Waals surface area contributed by atoms with Crippen LogP contribution in [0.5, 0.6) is 0 Å². The van der Waals surface area contributed by atoms with Gasteiger partial charge in [0.1, 0.15) is 11.0 Å². The third-order valence-corrected chi connectivity index (χ3v) is 3.17. The lowest BCUT2D eigenvalue weighted by molar-refractivity contribution is 0.0781. The van der Waals surface area contributed by atoms with Crippen LogP contribution in [0.4, 0.5) is 4.39 Å². The SMILES string of the molecule is O=C(c1cc(F)cnc1Cl)N1CCC(CO)C1. The number of aliphatic hydroxyl groups excluding tert-OH is 1. The summed E-state index contributed by atoms with van der Waals surface area (Å²) in [6, 6.07) is 1.09. The number of halogens is 2. The Bertz CT molecular complexity index is 441. The maximum atomic E-state index is 13.0. The van der Waals surface area contributed by atoms with Crippen molar-refractivity contribution in [2.45, 2.75) is 6.42 Å².